The Labute approximate surface area is 178 Å². The zero-order valence-electron chi connectivity index (χ0n) is 16.4. The minimum Gasteiger partial charge on any atom is -0.378 e. The Balaban J connectivity index is 1.51. The van der Waals surface area contributed by atoms with Gasteiger partial charge in [0.1, 0.15) is 0 Å². The molecule has 29 heavy (non-hydrogen) atoms. The number of rotatable bonds is 1. The summed E-state index contributed by atoms with van der Waals surface area (Å²) in [6.45, 7) is 0.849. The first-order chi connectivity index (χ1) is 14.2. The average Bonchev–Trinajstić information content (AvgIpc) is 3.05. The van der Waals surface area contributed by atoms with Gasteiger partial charge in [-0.2, -0.15) is 0 Å². The topological polar surface area (TPSA) is 26.2 Å². The van der Waals surface area contributed by atoms with E-state index in [9.17, 15) is 0 Å². The summed E-state index contributed by atoms with van der Waals surface area (Å²) in [5.74, 6) is 0.443. The van der Waals surface area contributed by atoms with Crippen LogP contribution >= 0.6 is 15.9 Å². The Hall–Kier alpha value is -2.30. The van der Waals surface area contributed by atoms with Crippen LogP contribution in [-0.4, -0.2) is 11.2 Å². The molecule has 0 bridgehead atoms. The van der Waals surface area contributed by atoms with E-state index in [2.05, 4.69) is 93.5 Å². The lowest BCUT2D eigenvalue weighted by atomic mass is 9.77. The molecule has 1 fully saturated rings. The predicted octanol–water partition coefficient (Wildman–Crippen LogP) is 6.73. The molecular weight excluding hydrogens is 424 g/mol. The number of halogens is 1. The summed E-state index contributed by atoms with van der Waals surface area (Å²) in [5, 5.41) is 6.51. The van der Waals surface area contributed by atoms with Crippen LogP contribution in [0.15, 0.2) is 65.1 Å². The fourth-order valence-electron chi connectivity index (χ4n) is 5.35. The molecule has 3 heterocycles. The van der Waals surface area contributed by atoms with Crippen molar-refractivity contribution in [2.75, 3.05) is 11.9 Å². The summed E-state index contributed by atoms with van der Waals surface area (Å²) in [5.41, 5.74) is 6.39. The van der Waals surface area contributed by atoms with E-state index in [1.54, 1.807) is 0 Å². The Morgan fingerprint density at radius 3 is 2.79 bits per heavy atom. The first-order valence-electron chi connectivity index (χ1n) is 10.4. The molecule has 3 atom stereocenters. The normalized spacial score (nSPS) is 23.6. The van der Waals surface area contributed by atoms with Gasteiger partial charge in [-0.15, -0.1) is 0 Å². The molecule has 0 unspecified atom stereocenters. The van der Waals surface area contributed by atoms with Crippen LogP contribution in [0.5, 0.6) is 0 Å². The third kappa shape index (κ3) is 2.66. The van der Waals surface area contributed by atoms with Gasteiger partial charge in [0.05, 0.1) is 12.1 Å². The molecule has 4 aromatic rings. The van der Waals surface area contributed by atoms with Crippen LogP contribution in [0.2, 0.25) is 0 Å². The lowest BCUT2D eigenvalue weighted by Gasteiger charge is -2.43. The number of ether oxygens (including phenoxy) is 1. The molecule has 2 aliphatic heterocycles. The van der Waals surface area contributed by atoms with E-state index < -0.39 is 0 Å². The highest BCUT2D eigenvalue weighted by molar-refractivity contribution is 9.10. The van der Waals surface area contributed by atoms with Gasteiger partial charge >= 0.3 is 0 Å². The summed E-state index contributed by atoms with van der Waals surface area (Å²) in [6.07, 6.45) is 2.46. The Bertz CT molecular complexity index is 1240. The number of hydrogen-bond acceptors (Lipinski definition) is 2. The van der Waals surface area contributed by atoms with E-state index in [0.717, 1.165) is 17.5 Å². The maximum absolute atomic E-state index is 6.31. The minimum atomic E-state index is 0.158. The van der Waals surface area contributed by atoms with Crippen LogP contribution in [0.4, 0.5) is 5.69 Å². The number of para-hydroxylation sites is 1. The van der Waals surface area contributed by atoms with Gasteiger partial charge in [-0.25, -0.2) is 0 Å². The number of benzene rings is 3. The number of nitrogens with one attached hydrogen (secondary N) is 1. The largest absolute Gasteiger partial charge is 0.378 e. The molecule has 1 N–H and O–H groups in total. The standard InChI is InChI=1S/C25H23BrN2O/c1-28-22-7-3-2-5-17(22)19-13-15(8-11-23(19)28)24-18-6-4-12-29-25(18)20-14-16(26)9-10-21(20)27-24/h2-3,5,7-11,13-14,18,24-25,27H,4,6,12H2,1H3/t18-,24+,25-/m1/s1. The zero-order valence-corrected chi connectivity index (χ0v) is 17.9. The molecule has 0 radical (unpaired) electrons. The second-order valence-corrected chi connectivity index (χ2v) is 9.22. The average molecular weight is 447 g/mol. The van der Waals surface area contributed by atoms with Crippen molar-refractivity contribution >= 4 is 43.4 Å². The smallest absolute Gasteiger partial charge is 0.0896 e. The molecule has 2 aliphatic rings. The van der Waals surface area contributed by atoms with Crippen molar-refractivity contribution in [3.05, 3.63) is 76.3 Å². The molecule has 146 valence electrons. The van der Waals surface area contributed by atoms with Gasteiger partial charge in [0.25, 0.3) is 0 Å². The predicted molar refractivity (Wildman–Crippen MR) is 122 cm³/mol. The molecule has 0 spiro atoms. The second-order valence-electron chi connectivity index (χ2n) is 8.30. The molecular formula is C25H23BrN2O. The molecule has 6 rings (SSSR count). The van der Waals surface area contributed by atoms with Crippen molar-refractivity contribution in [2.45, 2.75) is 25.0 Å². The maximum atomic E-state index is 6.31. The van der Waals surface area contributed by atoms with Gasteiger partial charge in [-0.05, 0) is 54.8 Å². The number of fused-ring (bicyclic) bond motifs is 6. The summed E-state index contributed by atoms with van der Waals surface area (Å²) < 4.78 is 9.72. The highest BCUT2D eigenvalue weighted by atomic mass is 79.9. The summed E-state index contributed by atoms with van der Waals surface area (Å²) in [4.78, 5) is 0. The molecule has 0 aliphatic carbocycles. The van der Waals surface area contributed by atoms with Gasteiger partial charge in [-0.3, -0.25) is 0 Å². The first kappa shape index (κ1) is 17.5. The number of aryl methyl sites for hydroxylation is 1. The molecule has 3 nitrogen and oxygen atoms in total. The number of aromatic nitrogens is 1. The molecule has 3 aromatic carbocycles. The lowest BCUT2D eigenvalue weighted by Crippen LogP contribution is -2.36. The Morgan fingerprint density at radius 2 is 1.86 bits per heavy atom. The van der Waals surface area contributed by atoms with Crippen LogP contribution in [0.1, 0.15) is 36.1 Å². The Kier molecular flexibility index (Phi) is 4.00. The van der Waals surface area contributed by atoms with Gasteiger partial charge < -0.3 is 14.6 Å². The highest BCUT2D eigenvalue weighted by Gasteiger charge is 2.40. The number of nitrogens with zero attached hydrogens (tertiary/aromatic N) is 1. The number of hydrogen-bond donors (Lipinski definition) is 1. The van der Waals surface area contributed by atoms with Crippen LogP contribution in [0, 0.1) is 5.92 Å². The van der Waals surface area contributed by atoms with Crippen molar-refractivity contribution < 1.29 is 4.74 Å². The molecule has 1 saturated heterocycles. The summed E-state index contributed by atoms with van der Waals surface area (Å²) in [7, 11) is 2.16. The monoisotopic (exact) mass is 446 g/mol. The molecule has 1 aromatic heterocycles. The zero-order chi connectivity index (χ0) is 19.5. The minimum absolute atomic E-state index is 0.158. The summed E-state index contributed by atoms with van der Waals surface area (Å²) in [6, 6.07) is 22.4. The second kappa shape index (κ2) is 6.61. The molecule has 4 heteroatoms. The van der Waals surface area contributed by atoms with Crippen molar-refractivity contribution in [1.82, 2.24) is 4.57 Å². The number of anilines is 1. The third-order valence-electron chi connectivity index (χ3n) is 6.72. The fraction of sp³-hybridized carbons (Fsp3) is 0.280. The van der Waals surface area contributed by atoms with Crippen molar-refractivity contribution in [1.29, 1.82) is 0 Å². The SMILES string of the molecule is Cn1c2ccccc2c2cc([C@@H]3Nc4ccc(Br)cc4[C@@H]4OCCC[C@H]34)ccc21. The van der Waals surface area contributed by atoms with Crippen molar-refractivity contribution in [3.63, 3.8) is 0 Å². The maximum Gasteiger partial charge on any atom is 0.0896 e. The van der Waals surface area contributed by atoms with Gasteiger partial charge in [0, 0.05) is 57.1 Å². The molecule has 0 saturated carbocycles. The van der Waals surface area contributed by atoms with Gasteiger partial charge in [0.15, 0.2) is 0 Å². The van der Waals surface area contributed by atoms with E-state index in [0.29, 0.717) is 5.92 Å². The van der Waals surface area contributed by atoms with Gasteiger partial charge in [-0.1, -0.05) is 40.2 Å². The van der Waals surface area contributed by atoms with Crippen molar-refractivity contribution in [3.8, 4) is 0 Å². The third-order valence-corrected chi connectivity index (χ3v) is 7.22. The van der Waals surface area contributed by atoms with Crippen LogP contribution in [0.3, 0.4) is 0 Å². The van der Waals surface area contributed by atoms with E-state index >= 15 is 0 Å². The van der Waals surface area contributed by atoms with E-state index in [1.165, 1.54) is 45.0 Å². The lowest BCUT2D eigenvalue weighted by molar-refractivity contribution is -0.0381. The van der Waals surface area contributed by atoms with Crippen molar-refractivity contribution in [2.24, 2.45) is 13.0 Å². The van der Waals surface area contributed by atoms with E-state index in [1.807, 2.05) is 0 Å². The molecule has 0 amide bonds. The fourth-order valence-corrected chi connectivity index (χ4v) is 5.73. The first-order valence-corrected chi connectivity index (χ1v) is 11.1. The van der Waals surface area contributed by atoms with E-state index in [4.69, 9.17) is 4.74 Å². The van der Waals surface area contributed by atoms with E-state index in [-0.39, 0.29) is 12.1 Å². The van der Waals surface area contributed by atoms with Crippen LogP contribution < -0.4 is 5.32 Å². The van der Waals surface area contributed by atoms with Gasteiger partial charge in [0.2, 0.25) is 0 Å². The Morgan fingerprint density at radius 1 is 1.00 bits per heavy atom. The van der Waals surface area contributed by atoms with Crippen LogP contribution in [0.25, 0.3) is 21.8 Å². The highest BCUT2D eigenvalue weighted by Crippen LogP contribution is 2.50. The van der Waals surface area contributed by atoms with Crippen LogP contribution in [-0.2, 0) is 11.8 Å². The quantitative estimate of drug-likeness (QED) is 0.350. The summed E-state index contributed by atoms with van der Waals surface area (Å²) >= 11 is 3.63.